The number of hydrogen-bond acceptors (Lipinski definition) is 3. The predicted molar refractivity (Wildman–Crippen MR) is 73.8 cm³/mol. The topological polar surface area (TPSA) is 44.4 Å². The van der Waals surface area contributed by atoms with Gasteiger partial charge in [-0.1, -0.05) is 13.8 Å². The van der Waals surface area contributed by atoms with E-state index in [2.05, 4.69) is 29.4 Å². The molecule has 0 aromatic heterocycles. The Morgan fingerprint density at radius 2 is 1.75 bits per heavy atom. The number of rotatable bonds is 8. The second-order valence-electron chi connectivity index (χ2n) is 3.26. The van der Waals surface area contributed by atoms with Gasteiger partial charge in [0.25, 0.3) is 0 Å². The Morgan fingerprint density at radius 1 is 1.19 bits per heavy atom. The van der Waals surface area contributed by atoms with Gasteiger partial charge >= 0.3 is 0 Å². The van der Waals surface area contributed by atoms with Gasteiger partial charge < -0.3 is 15.5 Å². The summed E-state index contributed by atoms with van der Waals surface area (Å²) in [7, 11) is 1.77. The van der Waals surface area contributed by atoms with Crippen LogP contribution in [0.25, 0.3) is 0 Å². The summed E-state index contributed by atoms with van der Waals surface area (Å²) in [5, 5.41) is 5.68. The molecule has 0 saturated carbocycles. The van der Waals surface area contributed by atoms with Gasteiger partial charge in [0, 0.05) is 6.54 Å². The fourth-order valence-corrected chi connectivity index (χ4v) is 1.29. The minimum atomic E-state index is 0. The minimum absolute atomic E-state index is 0. The van der Waals surface area contributed by atoms with Gasteiger partial charge in [0.05, 0.1) is 6.54 Å². The number of halogens is 2. The maximum atomic E-state index is 11.0. The highest BCUT2D eigenvalue weighted by atomic mass is 35.5. The van der Waals surface area contributed by atoms with Crippen molar-refractivity contribution in [2.75, 3.05) is 39.8 Å². The van der Waals surface area contributed by atoms with Gasteiger partial charge in [-0.05, 0) is 33.1 Å². The molecule has 0 fully saturated rings. The van der Waals surface area contributed by atoms with Crippen molar-refractivity contribution in [1.82, 2.24) is 15.5 Å². The molecule has 0 radical (unpaired) electrons. The monoisotopic (exact) mass is 273 g/mol. The standard InChI is InChI=1S/C10H23N3O.2ClH/c1-4-13(5-2)8-6-7-12-10(14)9-11-3;;/h11H,4-9H2,1-3H3,(H,12,14);2*1H. The molecule has 16 heavy (non-hydrogen) atoms. The van der Waals surface area contributed by atoms with E-state index in [-0.39, 0.29) is 30.7 Å². The smallest absolute Gasteiger partial charge is 0.233 e. The van der Waals surface area contributed by atoms with Gasteiger partial charge in [0.2, 0.25) is 5.91 Å². The summed E-state index contributed by atoms with van der Waals surface area (Å²) in [6.45, 7) is 8.73. The van der Waals surface area contributed by atoms with Crippen LogP contribution < -0.4 is 10.6 Å². The molecule has 0 aliphatic heterocycles. The zero-order valence-electron chi connectivity index (χ0n) is 10.4. The summed E-state index contributed by atoms with van der Waals surface area (Å²) in [5.74, 6) is 0.0760. The lowest BCUT2D eigenvalue weighted by atomic mass is 10.3. The first-order chi connectivity index (χ1) is 6.74. The lowest BCUT2D eigenvalue weighted by Gasteiger charge is -2.17. The highest BCUT2D eigenvalue weighted by molar-refractivity contribution is 5.85. The largest absolute Gasteiger partial charge is 0.355 e. The molecule has 0 heterocycles. The Hall–Kier alpha value is -0.0300. The van der Waals surface area contributed by atoms with Crippen LogP contribution in [0.4, 0.5) is 0 Å². The van der Waals surface area contributed by atoms with E-state index in [4.69, 9.17) is 0 Å². The Balaban J connectivity index is -0.000000845. The molecule has 0 aromatic carbocycles. The fourth-order valence-electron chi connectivity index (χ4n) is 1.29. The van der Waals surface area contributed by atoms with Crippen molar-refractivity contribution in [1.29, 1.82) is 0 Å². The first kappa shape index (κ1) is 21.3. The maximum Gasteiger partial charge on any atom is 0.233 e. The van der Waals surface area contributed by atoms with Crippen molar-refractivity contribution in [2.24, 2.45) is 0 Å². The lowest BCUT2D eigenvalue weighted by molar-refractivity contribution is -0.120. The van der Waals surface area contributed by atoms with Gasteiger partial charge in [0.15, 0.2) is 0 Å². The first-order valence-corrected chi connectivity index (χ1v) is 5.38. The number of likely N-dealkylation sites (N-methyl/N-ethyl adjacent to an activating group) is 1. The van der Waals surface area contributed by atoms with Crippen LogP contribution in [-0.4, -0.2) is 50.6 Å². The molecule has 0 spiro atoms. The molecule has 2 N–H and O–H groups in total. The molecule has 6 heteroatoms. The summed E-state index contributed by atoms with van der Waals surface area (Å²) in [6.07, 6.45) is 1.02. The van der Waals surface area contributed by atoms with Crippen LogP contribution in [-0.2, 0) is 4.79 Å². The number of hydrogen-bond donors (Lipinski definition) is 2. The SMILES string of the molecule is CCN(CC)CCCNC(=O)CNC.Cl.Cl. The van der Waals surface area contributed by atoms with E-state index in [9.17, 15) is 4.79 Å². The zero-order chi connectivity index (χ0) is 10.8. The number of carbonyl (C=O) groups is 1. The molecule has 0 bridgehead atoms. The summed E-state index contributed by atoms with van der Waals surface area (Å²) in [4.78, 5) is 13.4. The van der Waals surface area contributed by atoms with Crippen LogP contribution in [0.2, 0.25) is 0 Å². The first-order valence-electron chi connectivity index (χ1n) is 5.38. The molecule has 1 amide bonds. The Kier molecular flexibility index (Phi) is 19.9. The second-order valence-corrected chi connectivity index (χ2v) is 3.26. The summed E-state index contributed by atoms with van der Waals surface area (Å²) < 4.78 is 0. The Morgan fingerprint density at radius 3 is 2.19 bits per heavy atom. The Bertz CT molecular complexity index is 155. The fraction of sp³-hybridized carbons (Fsp3) is 0.900. The van der Waals surface area contributed by atoms with Crippen molar-refractivity contribution in [3.8, 4) is 0 Å². The molecule has 100 valence electrons. The number of amides is 1. The minimum Gasteiger partial charge on any atom is -0.355 e. The molecule has 0 aromatic rings. The Labute approximate surface area is 111 Å². The van der Waals surface area contributed by atoms with Crippen LogP contribution in [0.15, 0.2) is 0 Å². The van der Waals surface area contributed by atoms with E-state index in [1.807, 2.05) is 0 Å². The van der Waals surface area contributed by atoms with E-state index < -0.39 is 0 Å². The van der Waals surface area contributed by atoms with Crippen molar-refractivity contribution < 1.29 is 4.79 Å². The molecule has 0 saturated heterocycles. The lowest BCUT2D eigenvalue weighted by Crippen LogP contribution is -2.34. The molecular weight excluding hydrogens is 249 g/mol. The average molecular weight is 274 g/mol. The third kappa shape index (κ3) is 12.0. The second kappa shape index (κ2) is 15.0. The molecule has 0 aliphatic carbocycles. The number of nitrogens with zero attached hydrogens (tertiary/aromatic N) is 1. The predicted octanol–water partition coefficient (Wildman–Crippen LogP) is 0.897. The van der Waals surface area contributed by atoms with Gasteiger partial charge in [-0.3, -0.25) is 4.79 Å². The molecule has 0 atom stereocenters. The highest BCUT2D eigenvalue weighted by Crippen LogP contribution is 1.88. The molecule has 0 rings (SSSR count). The third-order valence-electron chi connectivity index (χ3n) is 2.21. The van der Waals surface area contributed by atoms with Crippen LogP contribution >= 0.6 is 24.8 Å². The highest BCUT2D eigenvalue weighted by Gasteiger charge is 2.00. The van der Waals surface area contributed by atoms with E-state index in [0.29, 0.717) is 6.54 Å². The summed E-state index contributed by atoms with van der Waals surface area (Å²) >= 11 is 0. The third-order valence-corrected chi connectivity index (χ3v) is 2.21. The summed E-state index contributed by atoms with van der Waals surface area (Å²) in [6, 6.07) is 0. The molecular formula is C10H25Cl2N3O. The van der Waals surface area contributed by atoms with Crippen LogP contribution in [0, 0.1) is 0 Å². The normalized spacial score (nSPS) is 9.25. The van der Waals surface area contributed by atoms with Gasteiger partial charge in [-0.25, -0.2) is 0 Å². The van der Waals surface area contributed by atoms with E-state index in [1.165, 1.54) is 0 Å². The van der Waals surface area contributed by atoms with Crippen molar-refractivity contribution in [3.05, 3.63) is 0 Å². The van der Waals surface area contributed by atoms with Gasteiger partial charge in [0.1, 0.15) is 0 Å². The van der Waals surface area contributed by atoms with E-state index in [1.54, 1.807) is 7.05 Å². The van der Waals surface area contributed by atoms with Crippen molar-refractivity contribution >= 4 is 30.7 Å². The molecule has 4 nitrogen and oxygen atoms in total. The van der Waals surface area contributed by atoms with E-state index >= 15 is 0 Å². The van der Waals surface area contributed by atoms with Gasteiger partial charge in [-0.2, -0.15) is 0 Å². The van der Waals surface area contributed by atoms with Crippen LogP contribution in [0.5, 0.6) is 0 Å². The number of carbonyl (C=O) groups excluding carboxylic acids is 1. The average Bonchev–Trinajstić information content (AvgIpc) is 2.19. The van der Waals surface area contributed by atoms with Crippen LogP contribution in [0.1, 0.15) is 20.3 Å². The molecule has 0 aliphatic rings. The zero-order valence-corrected chi connectivity index (χ0v) is 12.0. The maximum absolute atomic E-state index is 11.0. The van der Waals surface area contributed by atoms with Crippen molar-refractivity contribution in [2.45, 2.75) is 20.3 Å². The quantitative estimate of drug-likeness (QED) is 0.646. The van der Waals surface area contributed by atoms with Gasteiger partial charge in [-0.15, -0.1) is 24.8 Å². The van der Waals surface area contributed by atoms with Crippen molar-refractivity contribution in [3.63, 3.8) is 0 Å². The number of nitrogens with one attached hydrogen (secondary N) is 2. The van der Waals surface area contributed by atoms with E-state index in [0.717, 1.165) is 32.6 Å². The molecule has 0 unspecified atom stereocenters. The summed E-state index contributed by atoms with van der Waals surface area (Å²) in [5.41, 5.74) is 0. The van der Waals surface area contributed by atoms with Crippen LogP contribution in [0.3, 0.4) is 0 Å².